The standard InChI is InChI=1S/C14H12F2N2O2/c15-11-6-3-7-12(13(11)16)20-8-9-4-1-2-5-10(9)14(19)18-17/h1-7H,8,17H2,(H,18,19). The molecule has 20 heavy (non-hydrogen) atoms. The molecule has 0 aliphatic carbocycles. The summed E-state index contributed by atoms with van der Waals surface area (Å²) in [5, 5.41) is 0. The number of rotatable bonds is 4. The first kappa shape index (κ1) is 14.0. The molecule has 6 heteroatoms. The molecule has 0 aliphatic rings. The van der Waals surface area contributed by atoms with E-state index in [4.69, 9.17) is 10.6 Å². The molecule has 2 aromatic carbocycles. The van der Waals surface area contributed by atoms with Crippen LogP contribution in [0, 0.1) is 11.6 Å². The fraction of sp³-hybridized carbons (Fsp3) is 0.0714. The van der Waals surface area contributed by atoms with Gasteiger partial charge in [-0.2, -0.15) is 4.39 Å². The Morgan fingerprint density at radius 1 is 1.15 bits per heavy atom. The quantitative estimate of drug-likeness (QED) is 0.511. The van der Waals surface area contributed by atoms with Gasteiger partial charge in [-0.25, -0.2) is 10.2 Å². The molecule has 0 atom stereocenters. The Labute approximate surface area is 114 Å². The maximum atomic E-state index is 13.4. The minimum Gasteiger partial charge on any atom is -0.486 e. The van der Waals surface area contributed by atoms with E-state index in [1.165, 1.54) is 12.1 Å². The van der Waals surface area contributed by atoms with Gasteiger partial charge in [-0.1, -0.05) is 24.3 Å². The molecule has 0 fully saturated rings. The number of nitrogen functional groups attached to an aromatic ring is 1. The molecule has 0 saturated heterocycles. The zero-order valence-electron chi connectivity index (χ0n) is 10.4. The smallest absolute Gasteiger partial charge is 0.265 e. The summed E-state index contributed by atoms with van der Waals surface area (Å²) in [6.07, 6.45) is 0. The van der Waals surface area contributed by atoms with Gasteiger partial charge in [-0.05, 0) is 18.2 Å². The van der Waals surface area contributed by atoms with Crippen molar-refractivity contribution in [2.45, 2.75) is 6.61 Å². The molecule has 0 aliphatic heterocycles. The summed E-state index contributed by atoms with van der Waals surface area (Å²) in [6.45, 7) is -0.0794. The van der Waals surface area contributed by atoms with Crippen molar-refractivity contribution in [3.05, 3.63) is 65.2 Å². The highest BCUT2D eigenvalue weighted by Crippen LogP contribution is 2.21. The van der Waals surface area contributed by atoms with Crippen LogP contribution in [0.25, 0.3) is 0 Å². The van der Waals surface area contributed by atoms with Crippen molar-refractivity contribution in [3.8, 4) is 5.75 Å². The van der Waals surface area contributed by atoms with E-state index >= 15 is 0 Å². The topological polar surface area (TPSA) is 64.3 Å². The highest BCUT2D eigenvalue weighted by Gasteiger charge is 2.12. The Hall–Kier alpha value is -2.47. The normalized spacial score (nSPS) is 10.2. The van der Waals surface area contributed by atoms with E-state index in [0.29, 0.717) is 11.1 Å². The van der Waals surface area contributed by atoms with Crippen LogP contribution in [0.2, 0.25) is 0 Å². The van der Waals surface area contributed by atoms with Crippen molar-refractivity contribution in [2.75, 3.05) is 0 Å². The molecule has 0 radical (unpaired) electrons. The number of carbonyl (C=O) groups excluding carboxylic acids is 1. The minimum absolute atomic E-state index is 0.0794. The van der Waals surface area contributed by atoms with E-state index in [0.717, 1.165) is 6.07 Å². The van der Waals surface area contributed by atoms with E-state index < -0.39 is 17.5 Å². The first-order valence-corrected chi connectivity index (χ1v) is 5.79. The maximum Gasteiger partial charge on any atom is 0.265 e. The van der Waals surface area contributed by atoms with E-state index in [1.807, 2.05) is 5.43 Å². The second kappa shape index (κ2) is 6.12. The molecule has 0 spiro atoms. The van der Waals surface area contributed by atoms with Gasteiger partial charge < -0.3 is 4.74 Å². The third kappa shape index (κ3) is 2.92. The Kier molecular flexibility index (Phi) is 4.27. The second-order valence-electron chi connectivity index (χ2n) is 3.97. The summed E-state index contributed by atoms with van der Waals surface area (Å²) in [4.78, 5) is 11.5. The number of hydrogen-bond donors (Lipinski definition) is 2. The summed E-state index contributed by atoms with van der Waals surface area (Å²) < 4.78 is 31.7. The van der Waals surface area contributed by atoms with Crippen LogP contribution in [0.1, 0.15) is 15.9 Å². The predicted molar refractivity (Wildman–Crippen MR) is 68.8 cm³/mol. The number of nitrogens with one attached hydrogen (secondary N) is 1. The molecule has 1 amide bonds. The van der Waals surface area contributed by atoms with Gasteiger partial charge in [0, 0.05) is 11.1 Å². The van der Waals surface area contributed by atoms with Crippen LogP contribution in [-0.4, -0.2) is 5.91 Å². The van der Waals surface area contributed by atoms with Crippen molar-refractivity contribution in [2.24, 2.45) is 5.84 Å². The molecular formula is C14H12F2N2O2. The average Bonchev–Trinajstić information content (AvgIpc) is 2.48. The third-order valence-electron chi connectivity index (χ3n) is 2.69. The summed E-state index contributed by atoms with van der Waals surface area (Å²) >= 11 is 0. The number of hydrogen-bond acceptors (Lipinski definition) is 3. The first-order chi connectivity index (χ1) is 9.63. The van der Waals surface area contributed by atoms with Crippen molar-refractivity contribution in [3.63, 3.8) is 0 Å². The van der Waals surface area contributed by atoms with Crippen LogP contribution < -0.4 is 16.0 Å². The lowest BCUT2D eigenvalue weighted by Crippen LogP contribution is -2.30. The lowest BCUT2D eigenvalue weighted by molar-refractivity contribution is 0.0951. The fourth-order valence-electron chi connectivity index (χ4n) is 1.70. The van der Waals surface area contributed by atoms with Gasteiger partial charge in [-0.15, -0.1) is 0 Å². The Bertz CT molecular complexity index is 632. The number of nitrogens with two attached hydrogens (primary N) is 1. The molecule has 3 N–H and O–H groups in total. The number of carbonyl (C=O) groups is 1. The van der Waals surface area contributed by atoms with E-state index in [-0.39, 0.29) is 12.4 Å². The third-order valence-corrected chi connectivity index (χ3v) is 2.69. The van der Waals surface area contributed by atoms with Gasteiger partial charge in [0.1, 0.15) is 6.61 Å². The van der Waals surface area contributed by atoms with Gasteiger partial charge in [0.15, 0.2) is 11.6 Å². The highest BCUT2D eigenvalue weighted by atomic mass is 19.2. The van der Waals surface area contributed by atoms with E-state index in [9.17, 15) is 13.6 Å². The Morgan fingerprint density at radius 3 is 2.65 bits per heavy atom. The van der Waals surface area contributed by atoms with Crippen LogP contribution in [0.15, 0.2) is 42.5 Å². The van der Waals surface area contributed by atoms with E-state index in [1.54, 1.807) is 24.3 Å². The Morgan fingerprint density at radius 2 is 1.90 bits per heavy atom. The lowest BCUT2D eigenvalue weighted by atomic mass is 10.1. The molecule has 104 valence electrons. The van der Waals surface area contributed by atoms with Gasteiger partial charge in [0.05, 0.1) is 0 Å². The van der Waals surface area contributed by atoms with Crippen molar-refractivity contribution < 1.29 is 18.3 Å². The fourth-order valence-corrected chi connectivity index (χ4v) is 1.70. The zero-order chi connectivity index (χ0) is 14.5. The molecule has 0 unspecified atom stereocenters. The monoisotopic (exact) mass is 278 g/mol. The summed E-state index contributed by atoms with van der Waals surface area (Å²) in [5.41, 5.74) is 2.84. The number of benzene rings is 2. The number of amides is 1. The number of halogens is 2. The van der Waals surface area contributed by atoms with E-state index in [2.05, 4.69) is 0 Å². The SMILES string of the molecule is NNC(=O)c1ccccc1COc1cccc(F)c1F. The van der Waals surface area contributed by atoms with Crippen LogP contribution in [0.3, 0.4) is 0 Å². The number of ether oxygens (including phenoxy) is 1. The van der Waals surface area contributed by atoms with Crippen LogP contribution in [0.4, 0.5) is 8.78 Å². The predicted octanol–water partition coefficient (Wildman–Crippen LogP) is 2.15. The molecule has 4 nitrogen and oxygen atoms in total. The molecule has 0 bridgehead atoms. The molecular weight excluding hydrogens is 266 g/mol. The van der Waals surface area contributed by atoms with Gasteiger partial charge in [0.25, 0.3) is 5.91 Å². The Balaban J connectivity index is 2.19. The van der Waals surface area contributed by atoms with Crippen LogP contribution >= 0.6 is 0 Å². The molecule has 0 saturated carbocycles. The van der Waals surface area contributed by atoms with Gasteiger partial charge >= 0.3 is 0 Å². The summed E-state index contributed by atoms with van der Waals surface area (Å²) in [5.74, 6) is 2.32. The number of hydrazine groups is 1. The second-order valence-corrected chi connectivity index (χ2v) is 3.97. The summed E-state index contributed by atoms with van der Waals surface area (Å²) in [7, 11) is 0. The zero-order valence-corrected chi connectivity index (χ0v) is 10.4. The molecule has 2 aromatic rings. The van der Waals surface area contributed by atoms with Crippen molar-refractivity contribution in [1.29, 1.82) is 0 Å². The van der Waals surface area contributed by atoms with Gasteiger partial charge in [-0.3, -0.25) is 10.2 Å². The van der Waals surface area contributed by atoms with Gasteiger partial charge in [0.2, 0.25) is 5.82 Å². The molecule has 0 heterocycles. The minimum atomic E-state index is -1.06. The van der Waals surface area contributed by atoms with Crippen molar-refractivity contribution >= 4 is 5.91 Å². The van der Waals surface area contributed by atoms with Crippen LogP contribution in [0.5, 0.6) is 5.75 Å². The van der Waals surface area contributed by atoms with Crippen molar-refractivity contribution in [1.82, 2.24) is 5.43 Å². The molecule has 2 rings (SSSR count). The average molecular weight is 278 g/mol. The highest BCUT2D eigenvalue weighted by molar-refractivity contribution is 5.95. The maximum absolute atomic E-state index is 13.4. The lowest BCUT2D eigenvalue weighted by Gasteiger charge is -2.10. The molecule has 0 aromatic heterocycles. The van der Waals surface area contributed by atoms with Crippen LogP contribution in [-0.2, 0) is 6.61 Å². The summed E-state index contributed by atoms with van der Waals surface area (Å²) in [6, 6.07) is 10.2. The first-order valence-electron chi connectivity index (χ1n) is 5.79. The largest absolute Gasteiger partial charge is 0.486 e.